The van der Waals surface area contributed by atoms with Crippen LogP contribution in [0.4, 0.5) is 0 Å². The van der Waals surface area contributed by atoms with Crippen molar-refractivity contribution in [2.24, 2.45) is 0 Å². The number of unbranched alkanes of at least 4 members (excludes halogenated alkanes) is 8. The van der Waals surface area contributed by atoms with Gasteiger partial charge in [-0.1, -0.05) is 44.9 Å². The first kappa shape index (κ1) is 18.9. The molecule has 1 heterocycles. The minimum absolute atomic E-state index is 0.328. The summed E-state index contributed by atoms with van der Waals surface area (Å²) < 4.78 is 10.9. The van der Waals surface area contributed by atoms with Crippen LogP contribution in [0.1, 0.15) is 57.8 Å². The lowest BCUT2D eigenvalue weighted by Crippen LogP contribution is -1.98. The maximum absolute atomic E-state index is 11.2. The van der Waals surface area contributed by atoms with Crippen LogP contribution in [0.15, 0.2) is 39.5 Å². The van der Waals surface area contributed by atoms with E-state index in [1.54, 1.807) is 12.1 Å². The minimum atomic E-state index is -0.328. The maximum Gasteiger partial charge on any atom is 0.336 e. The average Bonchev–Trinajstić information content (AvgIpc) is 2.59. The van der Waals surface area contributed by atoms with E-state index in [1.165, 1.54) is 57.4 Å². The standard InChI is InChI=1S/C20H28O3S/c21-20-13-11-17-10-12-18(16-19(17)23-20)22-14-8-6-4-2-1-3-5-7-9-15-24/h10-13,16,24H,1-9,14-15H2. The van der Waals surface area contributed by atoms with E-state index < -0.39 is 0 Å². The second kappa shape index (κ2) is 11.2. The Hall–Kier alpha value is -1.42. The number of benzene rings is 1. The first-order valence-electron chi connectivity index (χ1n) is 9.07. The summed E-state index contributed by atoms with van der Waals surface area (Å²) in [5, 5.41) is 0.913. The van der Waals surface area contributed by atoms with Crippen molar-refractivity contribution in [3.05, 3.63) is 40.8 Å². The van der Waals surface area contributed by atoms with Crippen LogP contribution in [0, 0.1) is 0 Å². The average molecular weight is 349 g/mol. The van der Waals surface area contributed by atoms with Gasteiger partial charge >= 0.3 is 5.63 Å². The zero-order valence-electron chi connectivity index (χ0n) is 14.3. The highest BCUT2D eigenvalue weighted by atomic mass is 32.1. The zero-order valence-corrected chi connectivity index (χ0v) is 15.2. The van der Waals surface area contributed by atoms with Crippen molar-refractivity contribution in [1.29, 1.82) is 0 Å². The molecule has 0 saturated heterocycles. The van der Waals surface area contributed by atoms with Crippen LogP contribution in [0.2, 0.25) is 0 Å². The van der Waals surface area contributed by atoms with Gasteiger partial charge in [-0.3, -0.25) is 0 Å². The summed E-state index contributed by atoms with van der Waals surface area (Å²) in [5.74, 6) is 1.78. The highest BCUT2D eigenvalue weighted by Gasteiger charge is 2.00. The van der Waals surface area contributed by atoms with E-state index >= 15 is 0 Å². The predicted octanol–water partition coefficient (Wildman–Crippen LogP) is 5.61. The van der Waals surface area contributed by atoms with Gasteiger partial charge in [-0.05, 0) is 36.8 Å². The minimum Gasteiger partial charge on any atom is -0.493 e. The van der Waals surface area contributed by atoms with Crippen LogP contribution < -0.4 is 10.4 Å². The molecule has 0 aliphatic heterocycles. The summed E-state index contributed by atoms with van der Waals surface area (Å²) in [6.45, 7) is 0.713. The van der Waals surface area contributed by atoms with Gasteiger partial charge in [0.25, 0.3) is 0 Å². The molecule has 0 amide bonds. The van der Waals surface area contributed by atoms with Gasteiger partial charge in [-0.25, -0.2) is 4.79 Å². The number of rotatable bonds is 12. The molecule has 0 bridgehead atoms. The van der Waals surface area contributed by atoms with Gasteiger partial charge in [0.05, 0.1) is 6.61 Å². The summed E-state index contributed by atoms with van der Waals surface area (Å²) in [4.78, 5) is 11.2. The maximum atomic E-state index is 11.2. The summed E-state index contributed by atoms with van der Waals surface area (Å²) in [6, 6.07) is 8.84. The SMILES string of the molecule is O=c1ccc2ccc(OCCCCCCCCCCCS)cc2o1. The van der Waals surface area contributed by atoms with Crippen LogP contribution in [0.25, 0.3) is 11.0 Å². The van der Waals surface area contributed by atoms with E-state index in [-0.39, 0.29) is 5.63 Å². The fourth-order valence-electron chi connectivity index (χ4n) is 2.77. The molecule has 0 aliphatic carbocycles. The van der Waals surface area contributed by atoms with Crippen molar-refractivity contribution >= 4 is 23.6 Å². The Balaban J connectivity index is 1.55. The van der Waals surface area contributed by atoms with Crippen molar-refractivity contribution in [3.63, 3.8) is 0 Å². The molecule has 24 heavy (non-hydrogen) atoms. The third-order valence-corrected chi connectivity index (χ3v) is 4.48. The van der Waals surface area contributed by atoms with Gasteiger partial charge in [0.2, 0.25) is 0 Å². The van der Waals surface area contributed by atoms with Gasteiger partial charge in [-0.2, -0.15) is 12.6 Å². The molecular weight excluding hydrogens is 320 g/mol. The van der Waals surface area contributed by atoms with E-state index in [0.717, 1.165) is 23.3 Å². The second-order valence-corrected chi connectivity index (χ2v) is 6.66. The number of hydrogen-bond acceptors (Lipinski definition) is 4. The normalized spacial score (nSPS) is 11.0. The molecule has 0 fully saturated rings. The van der Waals surface area contributed by atoms with E-state index in [1.807, 2.05) is 12.1 Å². The lowest BCUT2D eigenvalue weighted by atomic mass is 10.1. The molecule has 0 saturated carbocycles. The van der Waals surface area contributed by atoms with Gasteiger partial charge in [0, 0.05) is 17.5 Å². The Morgan fingerprint density at radius 3 is 2.17 bits per heavy atom. The Morgan fingerprint density at radius 2 is 1.46 bits per heavy atom. The van der Waals surface area contributed by atoms with E-state index in [2.05, 4.69) is 12.6 Å². The smallest absolute Gasteiger partial charge is 0.336 e. The highest BCUT2D eigenvalue weighted by molar-refractivity contribution is 7.80. The third kappa shape index (κ3) is 7.00. The van der Waals surface area contributed by atoms with E-state index in [4.69, 9.17) is 9.15 Å². The fraction of sp³-hybridized carbons (Fsp3) is 0.550. The summed E-state index contributed by atoms with van der Waals surface area (Å²) in [5.41, 5.74) is 0.253. The lowest BCUT2D eigenvalue weighted by Gasteiger charge is -2.07. The fourth-order valence-corrected chi connectivity index (χ4v) is 3.00. The molecule has 132 valence electrons. The van der Waals surface area contributed by atoms with Crippen LogP contribution in [0.3, 0.4) is 0 Å². The molecule has 3 nitrogen and oxygen atoms in total. The van der Waals surface area contributed by atoms with Crippen LogP contribution in [0.5, 0.6) is 5.75 Å². The van der Waals surface area contributed by atoms with Crippen molar-refractivity contribution in [3.8, 4) is 5.75 Å². The molecule has 0 unspecified atom stereocenters. The molecule has 0 N–H and O–H groups in total. The van der Waals surface area contributed by atoms with Gasteiger partial charge in [0.15, 0.2) is 0 Å². The highest BCUT2D eigenvalue weighted by Crippen LogP contribution is 2.20. The second-order valence-electron chi connectivity index (χ2n) is 6.21. The molecule has 0 radical (unpaired) electrons. The topological polar surface area (TPSA) is 39.4 Å². The molecule has 0 spiro atoms. The summed E-state index contributed by atoms with van der Waals surface area (Å²) in [6.07, 6.45) is 11.5. The Labute approximate surface area is 149 Å². The van der Waals surface area contributed by atoms with Gasteiger partial charge in [0.1, 0.15) is 11.3 Å². The molecule has 4 heteroatoms. The lowest BCUT2D eigenvalue weighted by molar-refractivity contribution is 0.304. The molecule has 1 aromatic heterocycles. The van der Waals surface area contributed by atoms with Gasteiger partial charge in [-0.15, -0.1) is 0 Å². The molecule has 0 atom stereocenters. The van der Waals surface area contributed by atoms with Crippen LogP contribution in [-0.2, 0) is 0 Å². The van der Waals surface area contributed by atoms with Crippen LogP contribution >= 0.6 is 12.6 Å². The molecule has 0 aliphatic rings. The number of fused-ring (bicyclic) bond motifs is 1. The molecular formula is C20H28O3S. The molecule has 1 aromatic carbocycles. The van der Waals surface area contributed by atoms with Crippen molar-refractivity contribution in [2.75, 3.05) is 12.4 Å². The van der Waals surface area contributed by atoms with E-state index in [9.17, 15) is 4.79 Å². The van der Waals surface area contributed by atoms with Crippen molar-refractivity contribution in [2.45, 2.75) is 57.8 Å². The quantitative estimate of drug-likeness (QED) is 0.308. The van der Waals surface area contributed by atoms with E-state index in [0.29, 0.717) is 12.2 Å². The molecule has 2 aromatic rings. The van der Waals surface area contributed by atoms with Crippen molar-refractivity contribution in [1.82, 2.24) is 0 Å². The first-order chi connectivity index (χ1) is 11.8. The number of thiol groups is 1. The summed E-state index contributed by atoms with van der Waals surface area (Å²) >= 11 is 4.23. The first-order valence-corrected chi connectivity index (χ1v) is 9.70. The number of ether oxygens (including phenoxy) is 1. The zero-order chi connectivity index (χ0) is 17.0. The predicted molar refractivity (Wildman–Crippen MR) is 103 cm³/mol. The van der Waals surface area contributed by atoms with Crippen LogP contribution in [-0.4, -0.2) is 12.4 Å². The summed E-state index contributed by atoms with van der Waals surface area (Å²) in [7, 11) is 0. The Kier molecular flexibility index (Phi) is 8.82. The van der Waals surface area contributed by atoms with Gasteiger partial charge < -0.3 is 9.15 Å². The molecule has 2 rings (SSSR count). The largest absolute Gasteiger partial charge is 0.493 e. The van der Waals surface area contributed by atoms with Crippen molar-refractivity contribution < 1.29 is 9.15 Å². The Morgan fingerprint density at radius 1 is 0.833 bits per heavy atom. The third-order valence-electron chi connectivity index (χ3n) is 4.17. The Bertz CT molecular complexity index is 651. The number of hydrogen-bond donors (Lipinski definition) is 1. The monoisotopic (exact) mass is 348 g/mol.